The first-order valence-electron chi connectivity index (χ1n) is 7.03. The summed E-state index contributed by atoms with van der Waals surface area (Å²) in [7, 11) is 0. The van der Waals surface area contributed by atoms with Gasteiger partial charge in [0.1, 0.15) is 0 Å². The quantitative estimate of drug-likeness (QED) is 0.838. The Hall–Kier alpha value is -1.29. The molecule has 2 heterocycles. The first-order valence-corrected chi connectivity index (χ1v) is 7.03. The van der Waals surface area contributed by atoms with Crippen molar-refractivity contribution in [2.24, 2.45) is 5.92 Å². The molecular weight excluding hydrogens is 226 g/mol. The van der Waals surface area contributed by atoms with Crippen molar-refractivity contribution in [2.75, 3.05) is 5.43 Å². The van der Waals surface area contributed by atoms with Crippen LogP contribution in [0.25, 0.3) is 0 Å². The number of piperidine rings is 1. The van der Waals surface area contributed by atoms with E-state index in [1.165, 1.54) is 32.1 Å². The van der Waals surface area contributed by atoms with E-state index in [1.54, 1.807) is 4.68 Å². The fourth-order valence-corrected chi connectivity index (χ4v) is 3.32. The van der Waals surface area contributed by atoms with Crippen molar-refractivity contribution in [3.8, 4) is 0 Å². The van der Waals surface area contributed by atoms with Gasteiger partial charge >= 0.3 is 0 Å². The van der Waals surface area contributed by atoms with Crippen molar-refractivity contribution < 1.29 is 4.79 Å². The van der Waals surface area contributed by atoms with Crippen LogP contribution in [0.15, 0.2) is 24.5 Å². The predicted molar refractivity (Wildman–Crippen MR) is 70.7 cm³/mol. The van der Waals surface area contributed by atoms with E-state index in [2.05, 4.69) is 10.7 Å². The second-order valence-corrected chi connectivity index (χ2v) is 5.51. The highest BCUT2D eigenvalue weighted by Crippen LogP contribution is 2.32. The lowest BCUT2D eigenvalue weighted by Gasteiger charge is -2.39. The number of carbonyl (C=O) groups is 1. The number of aromatic nitrogens is 1. The monoisotopic (exact) mass is 247 g/mol. The second-order valence-electron chi connectivity index (χ2n) is 5.51. The van der Waals surface area contributed by atoms with E-state index < -0.39 is 0 Å². The Morgan fingerprint density at radius 1 is 1.11 bits per heavy atom. The molecule has 2 aliphatic rings. The molecule has 2 N–H and O–H groups in total. The Labute approximate surface area is 108 Å². The van der Waals surface area contributed by atoms with E-state index in [1.807, 2.05) is 24.5 Å². The minimum Gasteiger partial charge on any atom is -0.303 e. The van der Waals surface area contributed by atoms with Gasteiger partial charge in [0.05, 0.1) is 6.04 Å². The average molecular weight is 247 g/mol. The summed E-state index contributed by atoms with van der Waals surface area (Å²) in [5, 5.41) is 3.54. The molecule has 3 unspecified atom stereocenters. The van der Waals surface area contributed by atoms with Crippen molar-refractivity contribution in [3.63, 3.8) is 0 Å². The van der Waals surface area contributed by atoms with Crippen LogP contribution < -0.4 is 10.7 Å². The van der Waals surface area contributed by atoms with Gasteiger partial charge in [0.15, 0.2) is 0 Å². The van der Waals surface area contributed by atoms with Crippen LogP contribution in [0.2, 0.25) is 0 Å². The summed E-state index contributed by atoms with van der Waals surface area (Å²) in [5.41, 5.74) is 2.90. The van der Waals surface area contributed by atoms with Gasteiger partial charge in [-0.25, -0.2) is 0 Å². The van der Waals surface area contributed by atoms with E-state index in [9.17, 15) is 4.79 Å². The molecule has 18 heavy (non-hydrogen) atoms. The molecule has 1 aromatic rings. The lowest BCUT2D eigenvalue weighted by atomic mass is 9.77. The number of nitrogens with zero attached hydrogens (tertiary/aromatic N) is 1. The van der Waals surface area contributed by atoms with Crippen LogP contribution in [0.4, 0.5) is 0 Å². The van der Waals surface area contributed by atoms with Gasteiger partial charge in [0.2, 0.25) is 0 Å². The zero-order valence-corrected chi connectivity index (χ0v) is 10.6. The smallest absolute Gasteiger partial charge is 0.255 e. The number of rotatable bonds is 2. The van der Waals surface area contributed by atoms with Gasteiger partial charge in [-0.05, 0) is 43.7 Å². The van der Waals surface area contributed by atoms with Crippen molar-refractivity contribution in [3.05, 3.63) is 24.5 Å². The maximum absolute atomic E-state index is 12.1. The molecule has 0 aromatic carbocycles. The average Bonchev–Trinajstić information content (AvgIpc) is 2.91. The summed E-state index contributed by atoms with van der Waals surface area (Å²) in [5.74, 6) is 0.893. The van der Waals surface area contributed by atoms with Gasteiger partial charge in [-0.15, -0.1) is 0 Å². The minimum atomic E-state index is -0.0215. The second kappa shape index (κ2) is 5.14. The Morgan fingerprint density at radius 2 is 1.89 bits per heavy atom. The van der Waals surface area contributed by atoms with Crippen LogP contribution in [0, 0.1) is 5.92 Å². The van der Waals surface area contributed by atoms with E-state index >= 15 is 0 Å². The number of hydrogen-bond acceptors (Lipinski definition) is 2. The van der Waals surface area contributed by atoms with Crippen LogP contribution in [0.3, 0.4) is 0 Å². The van der Waals surface area contributed by atoms with Crippen LogP contribution in [0.1, 0.15) is 38.5 Å². The van der Waals surface area contributed by atoms with E-state index in [4.69, 9.17) is 0 Å². The molecule has 1 aliphatic carbocycles. The van der Waals surface area contributed by atoms with Crippen LogP contribution >= 0.6 is 0 Å². The Kier molecular flexibility index (Phi) is 3.37. The van der Waals surface area contributed by atoms with E-state index in [-0.39, 0.29) is 11.9 Å². The molecule has 1 saturated heterocycles. The summed E-state index contributed by atoms with van der Waals surface area (Å²) in [6.07, 6.45) is 11.1. The lowest BCUT2D eigenvalue weighted by molar-refractivity contribution is -0.120. The summed E-state index contributed by atoms with van der Waals surface area (Å²) in [4.78, 5) is 12.1. The number of amides is 1. The van der Waals surface area contributed by atoms with Gasteiger partial charge in [0.25, 0.3) is 5.91 Å². The molecule has 3 atom stereocenters. The Bertz CT molecular complexity index is 401. The lowest BCUT2D eigenvalue weighted by Crippen LogP contribution is -2.54. The van der Waals surface area contributed by atoms with Gasteiger partial charge < -0.3 is 5.32 Å². The molecule has 1 aromatic heterocycles. The third-order valence-corrected chi connectivity index (χ3v) is 4.31. The topological polar surface area (TPSA) is 46.1 Å². The summed E-state index contributed by atoms with van der Waals surface area (Å²) < 4.78 is 1.72. The van der Waals surface area contributed by atoms with Gasteiger partial charge in [0, 0.05) is 18.4 Å². The molecule has 1 amide bonds. The molecule has 0 bridgehead atoms. The zero-order chi connectivity index (χ0) is 12.4. The number of hydrogen-bond donors (Lipinski definition) is 2. The maximum Gasteiger partial charge on any atom is 0.255 e. The number of nitrogens with one attached hydrogen (secondary N) is 2. The largest absolute Gasteiger partial charge is 0.303 e. The summed E-state index contributed by atoms with van der Waals surface area (Å²) in [6.45, 7) is 0. The van der Waals surface area contributed by atoms with Crippen molar-refractivity contribution in [2.45, 2.75) is 50.6 Å². The fraction of sp³-hybridized carbons (Fsp3) is 0.643. The molecule has 4 heteroatoms. The van der Waals surface area contributed by atoms with Gasteiger partial charge in [-0.1, -0.05) is 12.8 Å². The Balaban J connectivity index is 1.58. The van der Waals surface area contributed by atoms with Gasteiger partial charge in [-0.2, -0.15) is 0 Å². The van der Waals surface area contributed by atoms with Crippen LogP contribution in [-0.2, 0) is 4.79 Å². The van der Waals surface area contributed by atoms with Gasteiger partial charge in [-0.3, -0.25) is 14.9 Å². The predicted octanol–water partition coefficient (Wildman–Crippen LogP) is 1.87. The summed E-state index contributed by atoms with van der Waals surface area (Å²) >= 11 is 0. The van der Waals surface area contributed by atoms with Crippen molar-refractivity contribution in [1.29, 1.82) is 0 Å². The maximum atomic E-state index is 12.1. The third-order valence-electron chi connectivity index (χ3n) is 4.31. The minimum absolute atomic E-state index is 0.0215. The highest BCUT2D eigenvalue weighted by molar-refractivity contribution is 5.88. The molecule has 4 nitrogen and oxygen atoms in total. The number of carbonyl (C=O) groups excluding carboxylic acids is 1. The molecule has 0 radical (unpaired) electrons. The first-order chi connectivity index (χ1) is 8.83. The molecule has 0 spiro atoms. The Morgan fingerprint density at radius 3 is 2.72 bits per heavy atom. The third kappa shape index (κ3) is 2.43. The molecule has 3 rings (SSSR count). The normalized spacial score (nSPS) is 31.7. The van der Waals surface area contributed by atoms with E-state index in [0.29, 0.717) is 6.04 Å². The first kappa shape index (κ1) is 11.8. The fourth-order valence-electron chi connectivity index (χ4n) is 3.32. The molecule has 2 fully saturated rings. The molecule has 1 aliphatic heterocycles. The van der Waals surface area contributed by atoms with E-state index in [0.717, 1.165) is 12.3 Å². The molecule has 1 saturated carbocycles. The zero-order valence-electron chi connectivity index (χ0n) is 10.6. The van der Waals surface area contributed by atoms with Crippen LogP contribution in [0.5, 0.6) is 0 Å². The van der Waals surface area contributed by atoms with Crippen molar-refractivity contribution in [1.82, 2.24) is 9.99 Å². The SMILES string of the molecule is O=C(Nn1cccc1)C1CCC2CCCCC2N1. The number of fused-ring (bicyclic) bond motifs is 1. The standard InChI is InChI=1S/C14H21N3O/c18-14(16-17-9-3-4-10-17)13-8-7-11-5-1-2-6-12(11)15-13/h3-4,9-13,15H,1-2,5-8H2,(H,16,18). The highest BCUT2D eigenvalue weighted by atomic mass is 16.2. The summed E-state index contributed by atoms with van der Waals surface area (Å²) in [6, 6.07) is 4.36. The van der Waals surface area contributed by atoms with Crippen molar-refractivity contribution >= 4 is 5.91 Å². The molecule has 98 valence electrons. The molecular formula is C14H21N3O. The highest BCUT2D eigenvalue weighted by Gasteiger charge is 2.34. The van der Waals surface area contributed by atoms with Crippen LogP contribution in [-0.4, -0.2) is 22.7 Å².